The van der Waals surface area contributed by atoms with Gasteiger partial charge >= 0.3 is 5.97 Å². The van der Waals surface area contributed by atoms with Crippen molar-refractivity contribution in [3.05, 3.63) is 58.9 Å². The van der Waals surface area contributed by atoms with E-state index in [0.717, 1.165) is 35.3 Å². The third-order valence-corrected chi connectivity index (χ3v) is 8.18. The number of nitrogens with one attached hydrogen (secondary N) is 1. The highest BCUT2D eigenvalue weighted by atomic mass is 19.1. The molecule has 1 saturated heterocycles. The van der Waals surface area contributed by atoms with Crippen molar-refractivity contribution in [2.45, 2.75) is 57.3 Å². The summed E-state index contributed by atoms with van der Waals surface area (Å²) in [4.78, 5) is 11.6. The second kappa shape index (κ2) is 9.00. The summed E-state index contributed by atoms with van der Waals surface area (Å²) in [6, 6.07) is 7.01. The van der Waals surface area contributed by atoms with Crippen LogP contribution in [0.2, 0.25) is 0 Å². The molecule has 0 spiro atoms. The van der Waals surface area contributed by atoms with E-state index in [4.69, 9.17) is 4.74 Å². The molecule has 0 bridgehead atoms. The summed E-state index contributed by atoms with van der Waals surface area (Å²) in [7, 11) is 0. The first-order valence-corrected chi connectivity index (χ1v) is 12.7. The van der Waals surface area contributed by atoms with Gasteiger partial charge < -0.3 is 14.4 Å². The molecule has 6 rings (SSSR count). The van der Waals surface area contributed by atoms with E-state index in [-0.39, 0.29) is 29.4 Å². The Labute approximate surface area is 207 Å². The molecular formula is C28H29F2N3O3. The topological polar surface area (TPSA) is 80.1 Å². The number of carboxylic acid groups (broad SMARTS) is 1. The van der Waals surface area contributed by atoms with Crippen LogP contribution >= 0.6 is 0 Å². The second-order valence-corrected chi connectivity index (χ2v) is 10.3. The summed E-state index contributed by atoms with van der Waals surface area (Å²) in [5, 5.41) is 17.7. The molecule has 2 N–H and O–H groups in total. The fourth-order valence-corrected chi connectivity index (χ4v) is 6.31. The van der Waals surface area contributed by atoms with E-state index in [1.54, 1.807) is 19.2 Å². The Bertz CT molecular complexity index is 1460. The molecular weight excluding hydrogens is 464 g/mol. The van der Waals surface area contributed by atoms with Crippen LogP contribution in [-0.4, -0.2) is 39.1 Å². The Morgan fingerprint density at radius 2 is 1.83 bits per heavy atom. The van der Waals surface area contributed by atoms with Crippen molar-refractivity contribution in [2.24, 2.45) is 5.92 Å². The Kier molecular flexibility index (Phi) is 5.79. The smallest absolute Gasteiger partial charge is 0.306 e. The summed E-state index contributed by atoms with van der Waals surface area (Å²) >= 11 is 0. The van der Waals surface area contributed by atoms with Crippen molar-refractivity contribution in [1.29, 1.82) is 0 Å². The SMILES string of the molecule is Cc1cc(-n2c(C3CCOCC3)c(C3CCC(C(=O)O)CC3)c3c(F)c4[nH]ncc4cc32)ccc1F. The van der Waals surface area contributed by atoms with Crippen LogP contribution in [0.3, 0.4) is 0 Å². The zero-order valence-corrected chi connectivity index (χ0v) is 20.2. The van der Waals surface area contributed by atoms with Crippen molar-refractivity contribution in [3.8, 4) is 5.69 Å². The number of hydrogen-bond acceptors (Lipinski definition) is 3. The molecule has 2 aromatic heterocycles. The summed E-state index contributed by atoms with van der Waals surface area (Å²) in [6.45, 7) is 3.00. The van der Waals surface area contributed by atoms with Gasteiger partial charge in [-0.3, -0.25) is 9.89 Å². The molecule has 0 atom stereocenters. The number of aryl methyl sites for hydroxylation is 1. The van der Waals surface area contributed by atoms with Crippen molar-refractivity contribution in [2.75, 3.05) is 13.2 Å². The number of benzene rings is 2. The molecule has 1 saturated carbocycles. The average molecular weight is 494 g/mol. The molecule has 188 valence electrons. The van der Waals surface area contributed by atoms with Crippen LogP contribution < -0.4 is 0 Å². The van der Waals surface area contributed by atoms with Gasteiger partial charge in [-0.25, -0.2) is 8.78 Å². The van der Waals surface area contributed by atoms with Crippen molar-refractivity contribution in [1.82, 2.24) is 14.8 Å². The molecule has 36 heavy (non-hydrogen) atoms. The molecule has 1 aliphatic heterocycles. The summed E-state index contributed by atoms with van der Waals surface area (Å²) in [6.07, 6.45) is 5.78. The van der Waals surface area contributed by atoms with Gasteiger partial charge in [-0.05, 0) is 86.8 Å². The van der Waals surface area contributed by atoms with E-state index in [9.17, 15) is 14.3 Å². The second-order valence-electron chi connectivity index (χ2n) is 10.3. The standard InChI is InChI=1S/C28H29F2N3O3/c1-15-12-20(6-7-21(15)29)33-22-13-19-14-31-32-26(19)25(30)24(22)23(27(33)17-8-10-36-11-9-17)16-2-4-18(5-3-16)28(34)35/h6-7,12-14,16-18H,2-5,8-11H2,1H3,(H,31,32)(H,34,35). The van der Waals surface area contributed by atoms with Gasteiger partial charge in [-0.1, -0.05) is 0 Å². The Hall–Kier alpha value is -3.26. The number of nitrogens with zero attached hydrogens (tertiary/aromatic N) is 2. The molecule has 2 aromatic carbocycles. The van der Waals surface area contributed by atoms with Crippen molar-refractivity contribution in [3.63, 3.8) is 0 Å². The number of rotatable bonds is 4. The summed E-state index contributed by atoms with van der Waals surface area (Å²) in [5.74, 6) is -1.53. The molecule has 6 nitrogen and oxygen atoms in total. The first-order chi connectivity index (χ1) is 17.4. The Balaban J connectivity index is 1.66. The first-order valence-electron chi connectivity index (χ1n) is 12.7. The molecule has 2 fully saturated rings. The third-order valence-electron chi connectivity index (χ3n) is 8.18. The summed E-state index contributed by atoms with van der Waals surface area (Å²) in [5.41, 5.74) is 4.46. The molecule has 1 aliphatic carbocycles. The number of fused-ring (bicyclic) bond motifs is 2. The van der Waals surface area contributed by atoms with Gasteiger partial charge in [0.05, 0.1) is 17.6 Å². The van der Waals surface area contributed by atoms with E-state index in [1.165, 1.54) is 6.07 Å². The van der Waals surface area contributed by atoms with E-state index in [1.807, 2.05) is 12.1 Å². The fraction of sp³-hybridized carbons (Fsp3) is 0.429. The molecule has 4 aromatic rings. The van der Waals surface area contributed by atoms with Crippen LogP contribution in [-0.2, 0) is 9.53 Å². The molecule has 0 unspecified atom stereocenters. The van der Waals surface area contributed by atoms with E-state index in [0.29, 0.717) is 60.7 Å². The lowest BCUT2D eigenvalue weighted by molar-refractivity contribution is -0.142. The van der Waals surface area contributed by atoms with Crippen LogP contribution in [0.1, 0.15) is 67.2 Å². The minimum atomic E-state index is -0.757. The lowest BCUT2D eigenvalue weighted by atomic mass is 9.76. The van der Waals surface area contributed by atoms with Crippen molar-refractivity contribution < 1.29 is 23.4 Å². The van der Waals surface area contributed by atoms with Gasteiger partial charge in [0.2, 0.25) is 0 Å². The Morgan fingerprint density at radius 3 is 2.53 bits per heavy atom. The van der Waals surface area contributed by atoms with Gasteiger partial charge in [0, 0.05) is 41.3 Å². The Morgan fingerprint density at radius 1 is 1.08 bits per heavy atom. The molecule has 0 radical (unpaired) electrons. The number of halogens is 2. The number of carbonyl (C=O) groups is 1. The lowest BCUT2D eigenvalue weighted by Crippen LogP contribution is -2.23. The van der Waals surface area contributed by atoms with Crippen LogP contribution in [0.25, 0.3) is 27.5 Å². The minimum absolute atomic E-state index is 0.0404. The normalized spacial score (nSPS) is 21.4. The zero-order valence-electron chi connectivity index (χ0n) is 20.2. The molecule has 0 amide bonds. The predicted octanol–water partition coefficient (Wildman–Crippen LogP) is 6.35. The highest BCUT2D eigenvalue weighted by molar-refractivity contribution is 6.00. The van der Waals surface area contributed by atoms with Gasteiger partial charge in [0.1, 0.15) is 11.3 Å². The predicted molar refractivity (Wildman–Crippen MR) is 133 cm³/mol. The summed E-state index contributed by atoms with van der Waals surface area (Å²) < 4.78 is 38.3. The fourth-order valence-electron chi connectivity index (χ4n) is 6.31. The maximum absolute atomic E-state index is 16.3. The van der Waals surface area contributed by atoms with Gasteiger partial charge in [0.25, 0.3) is 0 Å². The number of ether oxygens (including phenoxy) is 1. The minimum Gasteiger partial charge on any atom is -0.481 e. The number of aromatic nitrogens is 3. The zero-order chi connectivity index (χ0) is 25.0. The van der Waals surface area contributed by atoms with Crippen LogP contribution in [0.15, 0.2) is 30.5 Å². The van der Waals surface area contributed by atoms with E-state index < -0.39 is 5.97 Å². The first kappa shape index (κ1) is 23.2. The average Bonchev–Trinajstić information content (AvgIpc) is 3.50. The largest absolute Gasteiger partial charge is 0.481 e. The molecule has 8 heteroatoms. The number of H-pyrrole nitrogens is 1. The molecule has 2 aliphatic rings. The quantitative estimate of drug-likeness (QED) is 0.347. The van der Waals surface area contributed by atoms with E-state index >= 15 is 4.39 Å². The number of aliphatic carboxylic acids is 1. The van der Waals surface area contributed by atoms with Crippen LogP contribution in [0.5, 0.6) is 0 Å². The maximum atomic E-state index is 16.3. The van der Waals surface area contributed by atoms with Gasteiger partial charge in [-0.2, -0.15) is 5.10 Å². The van der Waals surface area contributed by atoms with Gasteiger partial charge in [0.15, 0.2) is 5.82 Å². The highest BCUT2D eigenvalue weighted by Gasteiger charge is 2.35. The van der Waals surface area contributed by atoms with Crippen molar-refractivity contribution >= 4 is 27.8 Å². The number of hydrogen-bond donors (Lipinski definition) is 2. The van der Waals surface area contributed by atoms with Gasteiger partial charge in [-0.15, -0.1) is 0 Å². The van der Waals surface area contributed by atoms with Crippen LogP contribution in [0.4, 0.5) is 8.78 Å². The molecule has 3 heterocycles. The maximum Gasteiger partial charge on any atom is 0.306 e. The number of aromatic amines is 1. The lowest BCUT2D eigenvalue weighted by Gasteiger charge is -2.31. The third kappa shape index (κ3) is 3.70. The van der Waals surface area contributed by atoms with E-state index in [2.05, 4.69) is 14.8 Å². The highest BCUT2D eigenvalue weighted by Crippen LogP contribution is 2.48. The van der Waals surface area contributed by atoms with Crippen LogP contribution in [0, 0.1) is 24.5 Å². The monoisotopic (exact) mass is 493 g/mol. The number of carboxylic acids is 1.